The molecule has 0 unspecified atom stereocenters. The Bertz CT molecular complexity index is 1380. The number of benzene rings is 1. The van der Waals surface area contributed by atoms with Crippen LogP contribution in [0.25, 0.3) is 11.0 Å². The molecule has 0 spiro atoms. The Kier molecular flexibility index (Phi) is 8.61. The number of aliphatic carboxylic acids is 1. The third-order valence-corrected chi connectivity index (χ3v) is 6.76. The van der Waals surface area contributed by atoms with Gasteiger partial charge in [-0.1, -0.05) is 0 Å². The van der Waals surface area contributed by atoms with Crippen molar-refractivity contribution in [2.24, 2.45) is 0 Å². The average Bonchev–Trinajstić information content (AvgIpc) is 3.55. The van der Waals surface area contributed by atoms with Crippen LogP contribution in [0.2, 0.25) is 0 Å². The Morgan fingerprint density at radius 1 is 1.18 bits per heavy atom. The van der Waals surface area contributed by atoms with Crippen molar-refractivity contribution in [3.05, 3.63) is 35.7 Å². The fraction of sp³-hybridized carbons (Fsp3) is 0.480. The fourth-order valence-electron chi connectivity index (χ4n) is 4.76. The van der Waals surface area contributed by atoms with Gasteiger partial charge in [-0.25, -0.2) is 19.3 Å². The lowest BCUT2D eigenvalue weighted by Gasteiger charge is -2.26. The predicted octanol–water partition coefficient (Wildman–Crippen LogP) is 3.43. The number of anilines is 2. The van der Waals surface area contributed by atoms with E-state index in [1.807, 2.05) is 4.68 Å². The number of aromatic nitrogens is 4. The van der Waals surface area contributed by atoms with Crippen molar-refractivity contribution >= 4 is 34.7 Å². The van der Waals surface area contributed by atoms with Crippen molar-refractivity contribution in [2.75, 3.05) is 39.7 Å². The molecular weight excluding hydrogens is 535 g/mol. The Morgan fingerprint density at radius 3 is 2.60 bits per heavy atom. The highest BCUT2D eigenvalue weighted by molar-refractivity contribution is 5.76. The van der Waals surface area contributed by atoms with E-state index < -0.39 is 12.1 Å². The summed E-state index contributed by atoms with van der Waals surface area (Å²) >= 11 is 0. The van der Waals surface area contributed by atoms with Gasteiger partial charge in [-0.2, -0.15) is 23.3 Å². The predicted molar refractivity (Wildman–Crippen MR) is 137 cm³/mol. The van der Waals surface area contributed by atoms with Crippen LogP contribution in [-0.2, 0) is 29.0 Å². The van der Waals surface area contributed by atoms with E-state index in [1.165, 1.54) is 18.2 Å². The van der Waals surface area contributed by atoms with E-state index in [-0.39, 0.29) is 12.1 Å². The number of amides is 1. The van der Waals surface area contributed by atoms with Gasteiger partial charge in [0.2, 0.25) is 5.95 Å². The van der Waals surface area contributed by atoms with Crippen molar-refractivity contribution in [3.63, 3.8) is 0 Å². The second-order valence-corrected chi connectivity index (χ2v) is 9.50. The number of carboxylic acids is 1. The molecule has 12 nitrogen and oxygen atoms in total. The first-order valence-corrected chi connectivity index (χ1v) is 12.5. The molecule has 15 heteroatoms. The van der Waals surface area contributed by atoms with Crippen LogP contribution >= 0.6 is 0 Å². The van der Waals surface area contributed by atoms with E-state index in [2.05, 4.69) is 39.5 Å². The summed E-state index contributed by atoms with van der Waals surface area (Å²) in [6.07, 6.45) is 1.01. The van der Waals surface area contributed by atoms with Gasteiger partial charge in [-0.05, 0) is 49.6 Å². The molecule has 2 aliphatic rings. The first-order valence-electron chi connectivity index (χ1n) is 12.5. The average molecular weight is 566 g/mol. The van der Waals surface area contributed by atoms with Gasteiger partial charge in [-0.3, -0.25) is 0 Å². The molecule has 1 amide bonds. The molecule has 0 saturated carbocycles. The molecule has 1 atom stereocenters. The molecule has 3 aromatic rings. The number of hydrogen-bond donors (Lipinski definition) is 2. The molecule has 0 aliphatic carbocycles. The van der Waals surface area contributed by atoms with Crippen molar-refractivity contribution in [1.29, 1.82) is 0 Å². The number of likely N-dealkylation sites (N-methyl/N-ethyl adjacent to an activating group) is 1. The van der Waals surface area contributed by atoms with Crippen LogP contribution in [0.4, 0.5) is 29.6 Å². The summed E-state index contributed by atoms with van der Waals surface area (Å²) in [4.78, 5) is 34.3. The maximum Gasteiger partial charge on any atom is 0.490 e. The van der Waals surface area contributed by atoms with E-state index in [0.29, 0.717) is 19.0 Å². The largest absolute Gasteiger partial charge is 0.495 e. The van der Waals surface area contributed by atoms with Crippen LogP contribution in [0.3, 0.4) is 0 Å². The van der Waals surface area contributed by atoms with Gasteiger partial charge in [0.1, 0.15) is 5.75 Å². The van der Waals surface area contributed by atoms with Gasteiger partial charge < -0.3 is 29.7 Å². The minimum atomic E-state index is -5.08. The van der Waals surface area contributed by atoms with Crippen molar-refractivity contribution in [1.82, 2.24) is 29.5 Å². The van der Waals surface area contributed by atoms with Crippen LogP contribution in [0.15, 0.2) is 24.5 Å². The van der Waals surface area contributed by atoms with Crippen molar-refractivity contribution < 1.29 is 37.3 Å². The molecule has 1 fully saturated rings. The summed E-state index contributed by atoms with van der Waals surface area (Å²) < 4.78 is 44.1. The Hall–Kier alpha value is -4.14. The molecule has 4 heterocycles. The minimum absolute atomic E-state index is 0.0321. The lowest BCUT2D eigenvalue weighted by Crippen LogP contribution is -2.38. The number of nitrogens with zero attached hydrogens (tertiary/aromatic N) is 6. The Balaban J connectivity index is 0.000000470. The van der Waals surface area contributed by atoms with E-state index in [1.54, 1.807) is 24.4 Å². The molecule has 0 radical (unpaired) electrons. The molecule has 0 bridgehead atoms. The van der Waals surface area contributed by atoms with Crippen LogP contribution in [0, 0.1) is 0 Å². The van der Waals surface area contributed by atoms with Crippen LogP contribution < -0.4 is 10.1 Å². The summed E-state index contributed by atoms with van der Waals surface area (Å²) in [5.74, 6) is -1.51. The quantitative estimate of drug-likeness (QED) is 0.474. The number of ether oxygens (including phenoxy) is 2. The number of carbonyl (C=O) groups excluding carboxylic acids is 1. The summed E-state index contributed by atoms with van der Waals surface area (Å²) in [7, 11) is 5.22. The normalized spacial score (nSPS) is 17.1. The number of alkyl halides is 3. The number of rotatable bonds is 5. The van der Waals surface area contributed by atoms with Crippen LogP contribution in [0.1, 0.15) is 24.0 Å². The van der Waals surface area contributed by atoms with E-state index in [9.17, 15) is 18.0 Å². The number of fused-ring (bicyclic) bond motifs is 2. The highest BCUT2D eigenvalue weighted by Crippen LogP contribution is 2.33. The monoisotopic (exact) mass is 565 g/mol. The van der Waals surface area contributed by atoms with Crippen LogP contribution in [0.5, 0.6) is 5.75 Å². The number of halogens is 3. The van der Waals surface area contributed by atoms with Gasteiger partial charge in [0.05, 0.1) is 44.1 Å². The molecule has 2 aliphatic heterocycles. The molecule has 1 aromatic carbocycles. The fourth-order valence-corrected chi connectivity index (χ4v) is 4.76. The standard InChI is InChI=1S/C23H29N7O3.C2HF3O2/c1-28-8-6-15-10-20(32-2)19(9-16(15)13-28)26-22-24-11-17-12-25-30(21(17)27-22)14-18-5-4-7-29(18)23(31)33-3;3-2(4,5)1(6)7/h9-12,18H,4-8,13-14H2,1-3H3,(H,24,26,27);(H,6,7)/t18-;/m0./s1. The molecular formula is C25H30F3N7O5. The number of hydrogen-bond acceptors (Lipinski definition) is 9. The van der Waals surface area contributed by atoms with Crippen molar-refractivity contribution in [2.45, 2.75) is 44.6 Å². The molecule has 216 valence electrons. The number of likely N-dealkylation sites (tertiary alicyclic amines) is 1. The Morgan fingerprint density at radius 2 is 1.93 bits per heavy atom. The number of methoxy groups -OCH3 is 2. The maximum absolute atomic E-state index is 12.1. The highest BCUT2D eigenvalue weighted by atomic mass is 19.4. The second kappa shape index (κ2) is 11.9. The summed E-state index contributed by atoms with van der Waals surface area (Å²) in [6.45, 7) is 3.20. The van der Waals surface area contributed by atoms with Crippen molar-refractivity contribution in [3.8, 4) is 5.75 Å². The lowest BCUT2D eigenvalue weighted by atomic mass is 9.99. The van der Waals surface area contributed by atoms with Gasteiger partial charge in [-0.15, -0.1) is 0 Å². The third-order valence-electron chi connectivity index (χ3n) is 6.76. The first-order chi connectivity index (χ1) is 19.0. The maximum atomic E-state index is 12.1. The van der Waals surface area contributed by atoms with E-state index in [4.69, 9.17) is 24.4 Å². The number of nitrogens with one attached hydrogen (secondary N) is 1. The zero-order valence-electron chi connectivity index (χ0n) is 22.2. The molecule has 2 N–H and O–H groups in total. The summed E-state index contributed by atoms with van der Waals surface area (Å²) in [6, 6.07) is 4.26. The SMILES string of the molecule is COC(=O)N1CCC[C@H]1Cn1ncc2cnc(Nc3cc4c(cc3OC)CCN(C)C4)nc21.O=C(O)C(F)(F)F. The zero-order chi connectivity index (χ0) is 29.0. The third kappa shape index (κ3) is 6.52. The summed E-state index contributed by atoms with van der Waals surface area (Å²) in [5.41, 5.74) is 4.16. The lowest BCUT2D eigenvalue weighted by molar-refractivity contribution is -0.192. The smallest absolute Gasteiger partial charge is 0.490 e. The van der Waals surface area contributed by atoms with Gasteiger partial charge in [0.15, 0.2) is 5.65 Å². The van der Waals surface area contributed by atoms with E-state index >= 15 is 0 Å². The highest BCUT2D eigenvalue weighted by Gasteiger charge is 2.38. The van der Waals surface area contributed by atoms with E-state index in [0.717, 1.165) is 54.8 Å². The minimum Gasteiger partial charge on any atom is -0.495 e. The number of carbonyl (C=O) groups is 2. The van der Waals surface area contributed by atoms with Gasteiger partial charge in [0, 0.05) is 25.8 Å². The molecule has 1 saturated heterocycles. The molecule has 40 heavy (non-hydrogen) atoms. The number of carboxylic acid groups (broad SMARTS) is 1. The van der Waals surface area contributed by atoms with Gasteiger partial charge >= 0.3 is 18.2 Å². The molecule has 5 rings (SSSR count). The first kappa shape index (κ1) is 28.9. The van der Waals surface area contributed by atoms with Gasteiger partial charge in [0.25, 0.3) is 0 Å². The summed E-state index contributed by atoms with van der Waals surface area (Å²) in [5, 5.41) is 15.8. The van der Waals surface area contributed by atoms with Crippen LogP contribution in [-0.4, -0.2) is 93.3 Å². The molecule has 2 aromatic heterocycles. The second-order valence-electron chi connectivity index (χ2n) is 9.50. The Labute approximate surface area is 227 Å². The zero-order valence-corrected chi connectivity index (χ0v) is 22.2. The topological polar surface area (TPSA) is 135 Å².